The van der Waals surface area contributed by atoms with Gasteiger partial charge in [0.25, 0.3) is 5.91 Å². The fourth-order valence-corrected chi connectivity index (χ4v) is 4.77. The third kappa shape index (κ3) is 17.7. The van der Waals surface area contributed by atoms with E-state index in [2.05, 4.69) is 18.3 Å². The molecule has 1 heterocycles. The summed E-state index contributed by atoms with van der Waals surface area (Å²) in [7, 11) is 0. The second-order valence-corrected chi connectivity index (χ2v) is 10.9. The summed E-state index contributed by atoms with van der Waals surface area (Å²) in [5.41, 5.74) is 1.21. The summed E-state index contributed by atoms with van der Waals surface area (Å²) in [5.74, 6) is -0.789. The van der Waals surface area contributed by atoms with Gasteiger partial charge < -0.3 is 25.4 Å². The average Bonchev–Trinajstić information content (AvgIpc) is 2.87. The molecule has 0 aliphatic carbocycles. The third-order valence-electron chi connectivity index (χ3n) is 7.25. The van der Waals surface area contributed by atoms with Gasteiger partial charge in [-0.25, -0.2) is 0 Å². The number of rotatable bonds is 2. The SMILES string of the molecule is CCC[C@@H]1OC(=O)CCCCCCCCCCCCCC/C=C(\C)CC[C@@H](O)[C@@H](O)C[C@H](O)CNC1=O. The Kier molecular flexibility index (Phi) is 19.5. The first-order valence-corrected chi connectivity index (χ1v) is 15.0. The lowest BCUT2D eigenvalue weighted by molar-refractivity contribution is -0.156. The number of carbonyl (C=O) groups is 2. The zero-order valence-corrected chi connectivity index (χ0v) is 23.6. The van der Waals surface area contributed by atoms with Crippen molar-refractivity contribution in [3.05, 3.63) is 11.6 Å². The highest BCUT2D eigenvalue weighted by atomic mass is 16.5. The molecule has 4 atom stereocenters. The molecule has 0 saturated heterocycles. The number of hydrogen-bond acceptors (Lipinski definition) is 6. The van der Waals surface area contributed by atoms with Gasteiger partial charge in [-0.3, -0.25) is 9.59 Å². The van der Waals surface area contributed by atoms with E-state index in [0.29, 0.717) is 32.1 Å². The molecular weight excluding hydrogens is 470 g/mol. The Morgan fingerprint density at radius 2 is 1.41 bits per heavy atom. The number of amides is 1. The van der Waals surface area contributed by atoms with E-state index in [1.165, 1.54) is 63.4 Å². The van der Waals surface area contributed by atoms with Crippen LogP contribution in [0.5, 0.6) is 0 Å². The standard InChI is InChI=1S/C30H55NO6/c1-3-17-28-30(36)31-23-25(32)22-27(34)26(33)21-20-24(2)18-15-13-11-9-7-5-4-6-8-10-12-14-16-19-29(35)37-28/h18,25-28,32-34H,3-17,19-23H2,1-2H3,(H,31,36)/b24-18+/t25-,26+,27-,28-/m0/s1. The zero-order chi connectivity index (χ0) is 27.3. The van der Waals surface area contributed by atoms with E-state index < -0.39 is 30.3 Å². The number of β-amino-alcohol motifs (C(OH)–C–C–N with tert-alkyl or cyclic N) is 1. The molecule has 0 aromatic rings. The molecule has 1 amide bonds. The molecule has 0 unspecified atom stereocenters. The fourth-order valence-electron chi connectivity index (χ4n) is 4.77. The Labute approximate surface area is 225 Å². The molecule has 0 saturated carbocycles. The number of aliphatic hydroxyl groups is 3. The summed E-state index contributed by atoms with van der Waals surface area (Å²) in [5, 5.41) is 33.5. The first-order valence-electron chi connectivity index (χ1n) is 15.0. The Morgan fingerprint density at radius 3 is 2.00 bits per heavy atom. The van der Waals surface area contributed by atoms with Crippen molar-refractivity contribution in [1.82, 2.24) is 5.32 Å². The number of nitrogens with one attached hydrogen (secondary N) is 1. The second-order valence-electron chi connectivity index (χ2n) is 10.9. The summed E-state index contributed by atoms with van der Waals surface area (Å²) >= 11 is 0. The van der Waals surface area contributed by atoms with Crippen molar-refractivity contribution in [3.63, 3.8) is 0 Å². The molecule has 0 spiro atoms. The maximum Gasteiger partial charge on any atom is 0.306 e. The van der Waals surface area contributed by atoms with E-state index in [0.717, 1.165) is 25.7 Å². The molecule has 7 nitrogen and oxygen atoms in total. The number of aliphatic hydroxyl groups excluding tert-OH is 3. The van der Waals surface area contributed by atoms with Crippen molar-refractivity contribution in [2.24, 2.45) is 0 Å². The molecule has 0 bridgehead atoms. The van der Waals surface area contributed by atoms with Crippen LogP contribution < -0.4 is 5.32 Å². The van der Waals surface area contributed by atoms with Gasteiger partial charge in [-0.1, -0.05) is 89.2 Å². The van der Waals surface area contributed by atoms with Crippen molar-refractivity contribution in [2.75, 3.05) is 6.54 Å². The molecule has 37 heavy (non-hydrogen) atoms. The van der Waals surface area contributed by atoms with Crippen molar-refractivity contribution in [3.8, 4) is 0 Å². The van der Waals surface area contributed by atoms with Gasteiger partial charge in [-0.2, -0.15) is 0 Å². The molecule has 0 radical (unpaired) electrons. The summed E-state index contributed by atoms with van der Waals surface area (Å²) in [6.45, 7) is 3.91. The maximum atomic E-state index is 12.6. The first-order chi connectivity index (χ1) is 17.8. The summed E-state index contributed by atoms with van der Waals surface area (Å²) < 4.78 is 5.44. The van der Waals surface area contributed by atoms with Crippen LogP contribution in [-0.4, -0.2) is 58.2 Å². The molecule has 0 fully saturated rings. The lowest BCUT2D eigenvalue weighted by Crippen LogP contribution is -2.42. The van der Waals surface area contributed by atoms with E-state index in [1.54, 1.807) is 0 Å². The molecule has 4 N–H and O–H groups in total. The molecule has 0 aromatic carbocycles. The van der Waals surface area contributed by atoms with Crippen LogP contribution in [-0.2, 0) is 14.3 Å². The highest BCUT2D eigenvalue weighted by molar-refractivity contribution is 5.83. The van der Waals surface area contributed by atoms with Gasteiger partial charge in [0.1, 0.15) is 0 Å². The van der Waals surface area contributed by atoms with Crippen molar-refractivity contribution < 1.29 is 29.6 Å². The van der Waals surface area contributed by atoms with Gasteiger partial charge >= 0.3 is 5.97 Å². The third-order valence-corrected chi connectivity index (χ3v) is 7.25. The van der Waals surface area contributed by atoms with E-state index in [1.807, 2.05) is 6.92 Å². The largest absolute Gasteiger partial charge is 0.452 e. The van der Waals surface area contributed by atoms with E-state index >= 15 is 0 Å². The molecule has 1 aliphatic heterocycles. The molecule has 216 valence electrons. The van der Waals surface area contributed by atoms with Crippen LogP contribution in [0, 0.1) is 0 Å². The number of ether oxygens (including phenoxy) is 1. The molecular formula is C30H55NO6. The Bertz CT molecular complexity index is 638. The topological polar surface area (TPSA) is 116 Å². The van der Waals surface area contributed by atoms with Gasteiger partial charge in [0.05, 0.1) is 18.3 Å². The normalized spacial score (nSPS) is 30.1. The summed E-state index contributed by atoms with van der Waals surface area (Å²) in [4.78, 5) is 24.8. The number of allylic oxidation sites excluding steroid dienone is 2. The minimum absolute atomic E-state index is 0.0392. The Hall–Kier alpha value is -1.44. The second kappa shape index (κ2) is 21.5. The Balaban J connectivity index is 2.60. The smallest absolute Gasteiger partial charge is 0.306 e. The quantitative estimate of drug-likeness (QED) is 0.280. The van der Waals surface area contributed by atoms with Gasteiger partial charge in [0.15, 0.2) is 6.10 Å². The Morgan fingerprint density at radius 1 is 0.838 bits per heavy atom. The van der Waals surface area contributed by atoms with Crippen molar-refractivity contribution >= 4 is 11.9 Å². The van der Waals surface area contributed by atoms with E-state index in [-0.39, 0.29) is 18.9 Å². The van der Waals surface area contributed by atoms with Crippen LogP contribution in [0.2, 0.25) is 0 Å². The maximum absolute atomic E-state index is 12.6. The van der Waals surface area contributed by atoms with Crippen LogP contribution in [0.4, 0.5) is 0 Å². The number of esters is 1. The average molecular weight is 526 g/mol. The minimum atomic E-state index is -1.07. The summed E-state index contributed by atoms with van der Waals surface area (Å²) in [6, 6.07) is 0. The summed E-state index contributed by atoms with van der Waals surface area (Å²) in [6.07, 6.45) is 16.2. The lowest BCUT2D eigenvalue weighted by Gasteiger charge is -2.22. The number of carbonyl (C=O) groups excluding carboxylic acids is 2. The highest BCUT2D eigenvalue weighted by Crippen LogP contribution is 2.16. The van der Waals surface area contributed by atoms with Gasteiger partial charge in [0.2, 0.25) is 0 Å². The van der Waals surface area contributed by atoms with Crippen LogP contribution in [0.25, 0.3) is 0 Å². The fraction of sp³-hybridized carbons (Fsp3) is 0.867. The predicted molar refractivity (Wildman–Crippen MR) is 148 cm³/mol. The number of hydrogen-bond donors (Lipinski definition) is 4. The zero-order valence-electron chi connectivity index (χ0n) is 23.6. The molecule has 7 heteroatoms. The van der Waals surface area contributed by atoms with Gasteiger partial charge in [-0.05, 0) is 45.4 Å². The van der Waals surface area contributed by atoms with Crippen LogP contribution in [0.3, 0.4) is 0 Å². The monoisotopic (exact) mass is 525 g/mol. The number of cyclic esters (lactones) is 1. The lowest BCUT2D eigenvalue weighted by atomic mass is 9.99. The van der Waals surface area contributed by atoms with E-state index in [9.17, 15) is 24.9 Å². The van der Waals surface area contributed by atoms with Crippen LogP contribution in [0.1, 0.15) is 136 Å². The van der Waals surface area contributed by atoms with Crippen molar-refractivity contribution in [2.45, 2.75) is 160 Å². The first kappa shape index (κ1) is 33.6. The van der Waals surface area contributed by atoms with E-state index in [4.69, 9.17) is 4.74 Å². The predicted octanol–water partition coefficient (Wildman–Crippen LogP) is 5.49. The molecule has 1 aliphatic rings. The van der Waals surface area contributed by atoms with Gasteiger partial charge in [0, 0.05) is 19.4 Å². The van der Waals surface area contributed by atoms with Gasteiger partial charge in [-0.15, -0.1) is 0 Å². The van der Waals surface area contributed by atoms with Crippen molar-refractivity contribution in [1.29, 1.82) is 0 Å². The van der Waals surface area contributed by atoms with Crippen LogP contribution in [0.15, 0.2) is 11.6 Å². The minimum Gasteiger partial charge on any atom is -0.452 e. The van der Waals surface area contributed by atoms with Crippen LogP contribution >= 0.6 is 0 Å². The molecule has 1 rings (SSSR count). The molecule has 0 aromatic heterocycles. The highest BCUT2D eigenvalue weighted by Gasteiger charge is 2.24.